The normalized spacial score (nSPS) is 10.7. The lowest BCUT2D eigenvalue weighted by Crippen LogP contribution is -2.07. The highest BCUT2D eigenvalue weighted by Gasteiger charge is 2.14. The van der Waals surface area contributed by atoms with E-state index in [-0.39, 0.29) is 6.61 Å². The van der Waals surface area contributed by atoms with Crippen LogP contribution in [0.15, 0.2) is 22.7 Å². The zero-order valence-electron chi connectivity index (χ0n) is 12.4. The minimum absolute atomic E-state index is 0.0238. The topological polar surface area (TPSA) is 56.5 Å². The van der Waals surface area contributed by atoms with E-state index in [1.165, 1.54) is 0 Å². The number of hydrogen-bond donors (Lipinski definition) is 1. The predicted octanol–water partition coefficient (Wildman–Crippen LogP) is 3.05. The lowest BCUT2D eigenvalue weighted by Gasteiger charge is -2.12. The molecule has 114 valence electrons. The summed E-state index contributed by atoms with van der Waals surface area (Å²) >= 11 is 3.55. The number of benzene rings is 1. The maximum Gasteiger partial charge on any atom is 0.161 e. The maximum atomic E-state index is 9.15. The van der Waals surface area contributed by atoms with Crippen LogP contribution in [0, 0.1) is 6.92 Å². The Labute approximate surface area is 132 Å². The van der Waals surface area contributed by atoms with E-state index in [0.29, 0.717) is 18.1 Å². The summed E-state index contributed by atoms with van der Waals surface area (Å²) in [6.07, 6.45) is 0. The van der Waals surface area contributed by atoms with E-state index < -0.39 is 0 Å². The van der Waals surface area contributed by atoms with Crippen LogP contribution < -0.4 is 9.47 Å². The van der Waals surface area contributed by atoms with Gasteiger partial charge in [-0.1, -0.05) is 6.07 Å². The summed E-state index contributed by atoms with van der Waals surface area (Å²) in [6, 6.07) is 5.39. The molecule has 0 aliphatic carbocycles. The average Bonchev–Trinajstić information content (AvgIpc) is 2.79. The molecular formula is C15H19BrN2O3. The average molecular weight is 355 g/mol. The molecule has 2 aromatic rings. The van der Waals surface area contributed by atoms with Gasteiger partial charge in [-0.15, -0.1) is 0 Å². The first-order chi connectivity index (χ1) is 10.1. The molecule has 0 fully saturated rings. The Bertz CT molecular complexity index is 626. The number of aryl methyl sites for hydroxylation is 2. The molecule has 0 amide bonds. The van der Waals surface area contributed by atoms with Gasteiger partial charge in [0.25, 0.3) is 0 Å². The number of aliphatic hydroxyl groups is 1. The van der Waals surface area contributed by atoms with Gasteiger partial charge >= 0.3 is 0 Å². The van der Waals surface area contributed by atoms with E-state index in [1.54, 1.807) is 19.2 Å². The molecule has 0 atom stereocenters. The second kappa shape index (κ2) is 6.95. The number of rotatable bonds is 6. The molecule has 5 nitrogen and oxygen atoms in total. The van der Waals surface area contributed by atoms with Crippen LogP contribution in [0.1, 0.15) is 23.9 Å². The van der Waals surface area contributed by atoms with Crippen LogP contribution in [0.25, 0.3) is 0 Å². The van der Waals surface area contributed by atoms with Crippen LogP contribution in [-0.4, -0.2) is 22.0 Å². The first kappa shape index (κ1) is 15.9. The van der Waals surface area contributed by atoms with Gasteiger partial charge in [-0.2, -0.15) is 5.10 Å². The zero-order chi connectivity index (χ0) is 15.4. The standard InChI is InChI=1S/C15H19BrN2O3/c1-4-18-12(15(16)10(2)17-18)9-21-13-6-5-11(8-19)7-14(13)20-3/h5-7,19H,4,8-9H2,1-3H3. The molecule has 0 spiro atoms. The maximum absolute atomic E-state index is 9.15. The number of ether oxygens (including phenoxy) is 2. The van der Waals surface area contributed by atoms with Crippen LogP contribution in [0.2, 0.25) is 0 Å². The Morgan fingerprint density at radius 3 is 2.71 bits per heavy atom. The van der Waals surface area contributed by atoms with E-state index in [2.05, 4.69) is 21.0 Å². The van der Waals surface area contributed by atoms with Crippen molar-refractivity contribution >= 4 is 15.9 Å². The van der Waals surface area contributed by atoms with Gasteiger partial charge in [0.2, 0.25) is 0 Å². The fourth-order valence-electron chi connectivity index (χ4n) is 2.08. The lowest BCUT2D eigenvalue weighted by molar-refractivity contribution is 0.268. The summed E-state index contributed by atoms with van der Waals surface area (Å²) < 4.78 is 14.0. The lowest BCUT2D eigenvalue weighted by atomic mass is 10.2. The highest BCUT2D eigenvalue weighted by molar-refractivity contribution is 9.10. The molecule has 1 heterocycles. The smallest absolute Gasteiger partial charge is 0.161 e. The number of hydrogen-bond acceptors (Lipinski definition) is 4. The molecule has 0 radical (unpaired) electrons. The fraction of sp³-hybridized carbons (Fsp3) is 0.400. The molecular weight excluding hydrogens is 336 g/mol. The molecule has 0 bridgehead atoms. The predicted molar refractivity (Wildman–Crippen MR) is 83.6 cm³/mol. The molecule has 1 aromatic heterocycles. The Morgan fingerprint density at radius 1 is 1.33 bits per heavy atom. The minimum Gasteiger partial charge on any atom is -0.493 e. The molecule has 0 saturated heterocycles. The Balaban J connectivity index is 2.20. The fourth-order valence-corrected chi connectivity index (χ4v) is 2.48. The number of aliphatic hydroxyl groups excluding tert-OH is 1. The quantitative estimate of drug-likeness (QED) is 0.865. The van der Waals surface area contributed by atoms with Crippen molar-refractivity contribution in [3.8, 4) is 11.5 Å². The van der Waals surface area contributed by atoms with Crippen molar-refractivity contribution in [2.45, 2.75) is 33.6 Å². The first-order valence-corrected chi connectivity index (χ1v) is 7.52. The summed E-state index contributed by atoms with van der Waals surface area (Å²) in [4.78, 5) is 0. The third kappa shape index (κ3) is 3.39. The number of aromatic nitrogens is 2. The van der Waals surface area contributed by atoms with Gasteiger partial charge in [0.1, 0.15) is 6.61 Å². The van der Waals surface area contributed by atoms with E-state index in [9.17, 15) is 0 Å². The monoisotopic (exact) mass is 354 g/mol. The summed E-state index contributed by atoms with van der Waals surface area (Å²) in [5, 5.41) is 13.6. The van der Waals surface area contributed by atoms with Crippen molar-refractivity contribution in [1.29, 1.82) is 0 Å². The first-order valence-electron chi connectivity index (χ1n) is 6.73. The van der Waals surface area contributed by atoms with Crippen LogP contribution >= 0.6 is 15.9 Å². The molecule has 6 heteroatoms. The molecule has 0 aliphatic rings. The van der Waals surface area contributed by atoms with E-state index in [1.807, 2.05) is 24.6 Å². The van der Waals surface area contributed by atoms with Crippen LogP contribution in [-0.2, 0) is 19.8 Å². The molecule has 0 saturated carbocycles. The Morgan fingerprint density at radius 2 is 2.10 bits per heavy atom. The van der Waals surface area contributed by atoms with Crippen molar-refractivity contribution in [2.75, 3.05) is 7.11 Å². The van der Waals surface area contributed by atoms with Crippen molar-refractivity contribution in [1.82, 2.24) is 9.78 Å². The summed E-state index contributed by atoms with van der Waals surface area (Å²) in [5.41, 5.74) is 2.72. The Hall–Kier alpha value is -1.53. The van der Waals surface area contributed by atoms with Gasteiger partial charge in [-0.3, -0.25) is 4.68 Å². The van der Waals surface area contributed by atoms with Crippen molar-refractivity contribution < 1.29 is 14.6 Å². The third-order valence-corrected chi connectivity index (χ3v) is 4.26. The highest BCUT2D eigenvalue weighted by Crippen LogP contribution is 2.30. The summed E-state index contributed by atoms with van der Waals surface area (Å²) in [7, 11) is 1.58. The third-order valence-electron chi connectivity index (χ3n) is 3.23. The molecule has 21 heavy (non-hydrogen) atoms. The second-order valence-corrected chi connectivity index (χ2v) is 5.39. The molecule has 1 N–H and O–H groups in total. The highest BCUT2D eigenvalue weighted by atomic mass is 79.9. The molecule has 2 rings (SSSR count). The van der Waals surface area contributed by atoms with Gasteiger partial charge in [0, 0.05) is 6.54 Å². The van der Waals surface area contributed by atoms with E-state index in [4.69, 9.17) is 14.6 Å². The second-order valence-electron chi connectivity index (χ2n) is 4.59. The van der Waals surface area contributed by atoms with Crippen LogP contribution in [0.4, 0.5) is 0 Å². The van der Waals surface area contributed by atoms with Gasteiger partial charge in [-0.05, 0) is 47.5 Å². The van der Waals surface area contributed by atoms with Crippen LogP contribution in [0.3, 0.4) is 0 Å². The van der Waals surface area contributed by atoms with Crippen molar-refractivity contribution in [3.05, 3.63) is 39.6 Å². The Kier molecular flexibility index (Phi) is 5.25. The number of nitrogens with zero attached hydrogens (tertiary/aromatic N) is 2. The zero-order valence-corrected chi connectivity index (χ0v) is 14.0. The molecule has 0 aliphatic heterocycles. The van der Waals surface area contributed by atoms with E-state index in [0.717, 1.165) is 28.0 Å². The number of methoxy groups -OCH3 is 1. The van der Waals surface area contributed by atoms with Gasteiger partial charge in [0.15, 0.2) is 11.5 Å². The number of halogens is 1. The SMILES string of the molecule is CCn1nc(C)c(Br)c1COc1ccc(CO)cc1OC. The van der Waals surface area contributed by atoms with Gasteiger partial charge in [-0.25, -0.2) is 0 Å². The van der Waals surface area contributed by atoms with Crippen LogP contribution in [0.5, 0.6) is 11.5 Å². The van der Waals surface area contributed by atoms with Crippen molar-refractivity contribution in [2.24, 2.45) is 0 Å². The molecule has 1 aromatic carbocycles. The van der Waals surface area contributed by atoms with E-state index >= 15 is 0 Å². The molecule has 0 unspecified atom stereocenters. The largest absolute Gasteiger partial charge is 0.493 e. The summed E-state index contributed by atoms with van der Waals surface area (Å²) in [6.45, 7) is 5.15. The van der Waals surface area contributed by atoms with Gasteiger partial charge in [0.05, 0.1) is 29.6 Å². The van der Waals surface area contributed by atoms with Gasteiger partial charge < -0.3 is 14.6 Å². The van der Waals surface area contributed by atoms with Crippen molar-refractivity contribution in [3.63, 3.8) is 0 Å². The summed E-state index contributed by atoms with van der Waals surface area (Å²) in [5.74, 6) is 1.25. The minimum atomic E-state index is -0.0238.